The molecule has 2 unspecified atom stereocenters. The molecule has 1 N–H and O–H groups in total. The molecule has 0 amide bonds. The van der Waals surface area contributed by atoms with Gasteiger partial charge in [-0.15, -0.1) is 11.3 Å². The predicted molar refractivity (Wildman–Crippen MR) is 87.3 cm³/mol. The molecule has 2 aromatic rings. The molecule has 1 aromatic carbocycles. The Morgan fingerprint density at radius 3 is 2.80 bits per heavy atom. The van der Waals surface area contributed by atoms with E-state index in [1.54, 1.807) is 10.4 Å². The van der Waals surface area contributed by atoms with Gasteiger partial charge in [0.1, 0.15) is 0 Å². The summed E-state index contributed by atoms with van der Waals surface area (Å²) in [5.74, 6) is 0. The quantitative estimate of drug-likeness (QED) is 0.816. The Balaban J connectivity index is 1.78. The fraction of sp³-hybridized carbons (Fsp3) is 0.444. The van der Waals surface area contributed by atoms with Crippen molar-refractivity contribution in [1.82, 2.24) is 5.32 Å². The molecule has 0 saturated heterocycles. The van der Waals surface area contributed by atoms with Gasteiger partial charge in [-0.3, -0.25) is 0 Å². The van der Waals surface area contributed by atoms with E-state index >= 15 is 0 Å². The molecule has 0 bridgehead atoms. The average Bonchev–Trinajstić information content (AvgIpc) is 2.95. The first kappa shape index (κ1) is 13.8. The SMILES string of the molecule is CCC(NC1CCCc2sccc21)c1ccc(C)cc1. The molecule has 2 heteroatoms. The first-order valence-corrected chi connectivity index (χ1v) is 8.54. The van der Waals surface area contributed by atoms with Gasteiger partial charge in [0.15, 0.2) is 0 Å². The second-order valence-electron chi connectivity index (χ2n) is 5.78. The number of nitrogens with one attached hydrogen (secondary N) is 1. The van der Waals surface area contributed by atoms with Gasteiger partial charge in [-0.25, -0.2) is 0 Å². The van der Waals surface area contributed by atoms with Crippen LogP contribution in [0.5, 0.6) is 0 Å². The highest BCUT2D eigenvalue weighted by molar-refractivity contribution is 7.10. The van der Waals surface area contributed by atoms with E-state index in [1.807, 2.05) is 11.3 Å². The molecule has 1 heterocycles. The summed E-state index contributed by atoms with van der Waals surface area (Å²) in [6.07, 6.45) is 4.99. The molecule has 0 fully saturated rings. The van der Waals surface area contributed by atoms with Crippen LogP contribution in [-0.2, 0) is 6.42 Å². The molecular formula is C18H23NS. The van der Waals surface area contributed by atoms with Crippen molar-refractivity contribution in [1.29, 1.82) is 0 Å². The van der Waals surface area contributed by atoms with Gasteiger partial charge in [-0.2, -0.15) is 0 Å². The highest BCUT2D eigenvalue weighted by atomic mass is 32.1. The zero-order chi connectivity index (χ0) is 13.9. The van der Waals surface area contributed by atoms with E-state index in [-0.39, 0.29) is 0 Å². The maximum absolute atomic E-state index is 3.89. The van der Waals surface area contributed by atoms with Gasteiger partial charge in [0.25, 0.3) is 0 Å². The number of benzene rings is 1. The average molecular weight is 285 g/mol. The molecule has 1 aliphatic rings. The molecule has 1 aliphatic carbocycles. The normalized spacial score (nSPS) is 19.6. The molecule has 1 aromatic heterocycles. The highest BCUT2D eigenvalue weighted by Crippen LogP contribution is 2.35. The summed E-state index contributed by atoms with van der Waals surface area (Å²) in [4.78, 5) is 1.59. The van der Waals surface area contributed by atoms with Crippen LogP contribution in [0.1, 0.15) is 59.8 Å². The maximum Gasteiger partial charge on any atom is 0.0336 e. The van der Waals surface area contributed by atoms with E-state index in [2.05, 4.69) is 54.9 Å². The molecule has 20 heavy (non-hydrogen) atoms. The maximum atomic E-state index is 3.89. The van der Waals surface area contributed by atoms with Crippen LogP contribution in [0.25, 0.3) is 0 Å². The number of hydrogen-bond donors (Lipinski definition) is 1. The molecule has 106 valence electrons. The van der Waals surface area contributed by atoms with E-state index < -0.39 is 0 Å². The summed E-state index contributed by atoms with van der Waals surface area (Å²) < 4.78 is 0. The first-order chi connectivity index (χ1) is 9.78. The predicted octanol–water partition coefficient (Wildman–Crippen LogP) is 5.17. The minimum Gasteiger partial charge on any atom is -0.303 e. The van der Waals surface area contributed by atoms with E-state index in [0.717, 1.165) is 6.42 Å². The third-order valence-electron chi connectivity index (χ3n) is 4.34. The van der Waals surface area contributed by atoms with Crippen molar-refractivity contribution in [3.63, 3.8) is 0 Å². The third-order valence-corrected chi connectivity index (χ3v) is 5.34. The largest absolute Gasteiger partial charge is 0.303 e. The van der Waals surface area contributed by atoms with E-state index in [4.69, 9.17) is 0 Å². The fourth-order valence-electron chi connectivity index (χ4n) is 3.15. The van der Waals surface area contributed by atoms with Crippen LogP contribution in [0, 0.1) is 6.92 Å². The summed E-state index contributed by atoms with van der Waals surface area (Å²) >= 11 is 1.92. The first-order valence-electron chi connectivity index (χ1n) is 7.67. The lowest BCUT2D eigenvalue weighted by molar-refractivity contribution is 0.395. The van der Waals surface area contributed by atoms with Gasteiger partial charge >= 0.3 is 0 Å². The van der Waals surface area contributed by atoms with Crippen LogP contribution >= 0.6 is 11.3 Å². The number of aryl methyl sites for hydroxylation is 2. The molecule has 0 radical (unpaired) electrons. The van der Waals surface area contributed by atoms with Crippen molar-refractivity contribution < 1.29 is 0 Å². The zero-order valence-electron chi connectivity index (χ0n) is 12.4. The van der Waals surface area contributed by atoms with Gasteiger partial charge in [-0.1, -0.05) is 36.8 Å². The Morgan fingerprint density at radius 1 is 1.25 bits per heavy atom. The molecule has 0 aliphatic heterocycles. The lowest BCUT2D eigenvalue weighted by atomic mass is 9.92. The molecule has 1 nitrogen and oxygen atoms in total. The number of rotatable bonds is 4. The van der Waals surface area contributed by atoms with Crippen molar-refractivity contribution in [2.75, 3.05) is 0 Å². The smallest absolute Gasteiger partial charge is 0.0336 e. The van der Waals surface area contributed by atoms with Crippen LogP contribution in [0.4, 0.5) is 0 Å². The zero-order valence-corrected chi connectivity index (χ0v) is 13.2. The van der Waals surface area contributed by atoms with Crippen molar-refractivity contribution in [2.24, 2.45) is 0 Å². The molecule has 0 spiro atoms. The molecule has 3 rings (SSSR count). The lowest BCUT2D eigenvalue weighted by Crippen LogP contribution is -2.28. The Morgan fingerprint density at radius 2 is 2.05 bits per heavy atom. The highest BCUT2D eigenvalue weighted by Gasteiger charge is 2.23. The molecular weight excluding hydrogens is 262 g/mol. The third kappa shape index (κ3) is 2.82. The number of thiophene rings is 1. The Labute approximate surface area is 126 Å². The Hall–Kier alpha value is -1.12. The van der Waals surface area contributed by atoms with Crippen LogP contribution in [0.2, 0.25) is 0 Å². The van der Waals surface area contributed by atoms with Crippen molar-refractivity contribution >= 4 is 11.3 Å². The minimum atomic E-state index is 0.464. The Bertz CT molecular complexity index is 555. The van der Waals surface area contributed by atoms with Crippen LogP contribution < -0.4 is 5.32 Å². The molecule has 0 saturated carbocycles. The summed E-state index contributed by atoms with van der Waals surface area (Å²) in [5, 5.41) is 6.14. The topological polar surface area (TPSA) is 12.0 Å². The monoisotopic (exact) mass is 285 g/mol. The van der Waals surface area contributed by atoms with Crippen molar-refractivity contribution in [2.45, 2.75) is 51.6 Å². The summed E-state index contributed by atoms with van der Waals surface area (Å²) in [6.45, 7) is 4.42. The Kier molecular flexibility index (Phi) is 4.23. The van der Waals surface area contributed by atoms with E-state index in [0.29, 0.717) is 12.1 Å². The van der Waals surface area contributed by atoms with Gasteiger partial charge in [-0.05, 0) is 55.2 Å². The minimum absolute atomic E-state index is 0.464. The van der Waals surface area contributed by atoms with E-state index in [9.17, 15) is 0 Å². The van der Waals surface area contributed by atoms with Crippen LogP contribution in [0.3, 0.4) is 0 Å². The summed E-state index contributed by atoms with van der Waals surface area (Å²) in [6, 6.07) is 12.3. The van der Waals surface area contributed by atoms with E-state index in [1.165, 1.54) is 30.4 Å². The van der Waals surface area contributed by atoms with Crippen molar-refractivity contribution in [3.8, 4) is 0 Å². The van der Waals surface area contributed by atoms with Gasteiger partial charge in [0, 0.05) is 17.0 Å². The second-order valence-corrected chi connectivity index (χ2v) is 6.78. The second kappa shape index (κ2) is 6.11. The lowest BCUT2D eigenvalue weighted by Gasteiger charge is -2.29. The summed E-state index contributed by atoms with van der Waals surface area (Å²) in [7, 11) is 0. The number of fused-ring (bicyclic) bond motifs is 1. The molecule has 2 atom stereocenters. The fourth-order valence-corrected chi connectivity index (χ4v) is 4.14. The standard InChI is InChI=1S/C18H23NS/c1-3-16(14-9-7-13(2)8-10-14)19-17-5-4-6-18-15(17)11-12-20-18/h7-12,16-17,19H,3-6H2,1-2H3. The van der Waals surface area contributed by atoms with Gasteiger partial charge < -0.3 is 5.32 Å². The summed E-state index contributed by atoms with van der Waals surface area (Å²) in [5.41, 5.74) is 4.30. The van der Waals surface area contributed by atoms with Gasteiger partial charge in [0.2, 0.25) is 0 Å². The van der Waals surface area contributed by atoms with Crippen molar-refractivity contribution in [3.05, 3.63) is 57.3 Å². The van der Waals surface area contributed by atoms with Gasteiger partial charge in [0.05, 0.1) is 0 Å². The van der Waals surface area contributed by atoms with Crippen LogP contribution in [-0.4, -0.2) is 0 Å². The van der Waals surface area contributed by atoms with Crippen LogP contribution in [0.15, 0.2) is 35.7 Å². The number of hydrogen-bond acceptors (Lipinski definition) is 2.